The number of rotatable bonds is 5. The molecule has 0 saturated carbocycles. The van der Waals surface area contributed by atoms with E-state index in [9.17, 15) is 9.82 Å². The van der Waals surface area contributed by atoms with Crippen LogP contribution in [-0.2, 0) is 14.2 Å². The van der Waals surface area contributed by atoms with Gasteiger partial charge in [-0.2, -0.15) is 0 Å². The SMILES string of the molecule is CCOC(=O)C[C@H]1OB(O)c2cc(Oc3nncs3)cc(C)c21. The van der Waals surface area contributed by atoms with Gasteiger partial charge in [-0.1, -0.05) is 16.4 Å². The molecule has 7 nitrogen and oxygen atoms in total. The summed E-state index contributed by atoms with van der Waals surface area (Å²) in [4.78, 5) is 11.7. The normalized spacial score (nSPS) is 16.3. The summed E-state index contributed by atoms with van der Waals surface area (Å²) in [5, 5.41) is 18.1. The molecular formula is C14H15BN2O5S. The van der Waals surface area contributed by atoms with Crippen LogP contribution in [-0.4, -0.2) is 34.9 Å². The molecule has 23 heavy (non-hydrogen) atoms. The fraction of sp³-hybridized carbons (Fsp3) is 0.357. The van der Waals surface area contributed by atoms with E-state index in [-0.39, 0.29) is 12.4 Å². The molecule has 1 aliphatic heterocycles. The van der Waals surface area contributed by atoms with Gasteiger partial charge in [0.2, 0.25) is 0 Å². The van der Waals surface area contributed by atoms with Crippen molar-refractivity contribution in [2.24, 2.45) is 0 Å². The Morgan fingerprint density at radius 1 is 1.52 bits per heavy atom. The van der Waals surface area contributed by atoms with Crippen molar-refractivity contribution in [2.45, 2.75) is 26.4 Å². The molecule has 0 spiro atoms. The van der Waals surface area contributed by atoms with Crippen molar-refractivity contribution in [3.63, 3.8) is 0 Å². The highest BCUT2D eigenvalue weighted by atomic mass is 32.1. The van der Waals surface area contributed by atoms with Gasteiger partial charge < -0.3 is 19.2 Å². The molecular weight excluding hydrogens is 319 g/mol. The number of fused-ring (bicyclic) bond motifs is 1. The average Bonchev–Trinajstić information content (AvgIpc) is 3.09. The Bertz CT molecular complexity index is 709. The Morgan fingerprint density at radius 3 is 3.04 bits per heavy atom. The van der Waals surface area contributed by atoms with Crippen LogP contribution < -0.4 is 10.2 Å². The predicted octanol–water partition coefficient (Wildman–Crippen LogP) is 1.35. The fourth-order valence-electron chi connectivity index (χ4n) is 2.62. The van der Waals surface area contributed by atoms with E-state index in [0.717, 1.165) is 11.1 Å². The summed E-state index contributed by atoms with van der Waals surface area (Å²) < 4.78 is 16.1. The number of esters is 1. The number of benzene rings is 1. The first-order valence-electron chi connectivity index (χ1n) is 7.16. The van der Waals surface area contributed by atoms with E-state index < -0.39 is 13.2 Å². The van der Waals surface area contributed by atoms with Gasteiger partial charge in [-0.15, -0.1) is 5.10 Å². The van der Waals surface area contributed by atoms with Gasteiger partial charge in [0.25, 0.3) is 5.19 Å². The lowest BCUT2D eigenvalue weighted by atomic mass is 9.77. The van der Waals surface area contributed by atoms with Crippen molar-refractivity contribution < 1.29 is 23.9 Å². The van der Waals surface area contributed by atoms with Crippen LogP contribution in [0, 0.1) is 6.92 Å². The van der Waals surface area contributed by atoms with Gasteiger partial charge in [-0.25, -0.2) is 0 Å². The van der Waals surface area contributed by atoms with Crippen LogP contribution >= 0.6 is 11.3 Å². The van der Waals surface area contributed by atoms with Gasteiger partial charge in [0.15, 0.2) is 0 Å². The predicted molar refractivity (Wildman–Crippen MR) is 83.8 cm³/mol. The van der Waals surface area contributed by atoms with Crippen LogP contribution in [0.3, 0.4) is 0 Å². The molecule has 3 rings (SSSR count). The van der Waals surface area contributed by atoms with Crippen molar-refractivity contribution >= 4 is 29.9 Å². The summed E-state index contributed by atoms with van der Waals surface area (Å²) in [6, 6.07) is 3.51. The monoisotopic (exact) mass is 334 g/mol. The van der Waals surface area contributed by atoms with E-state index in [2.05, 4.69) is 10.2 Å². The number of hydrogen-bond acceptors (Lipinski definition) is 8. The highest BCUT2D eigenvalue weighted by Crippen LogP contribution is 2.33. The van der Waals surface area contributed by atoms with Crippen LogP contribution in [0.15, 0.2) is 17.6 Å². The average molecular weight is 334 g/mol. The number of nitrogens with zero attached hydrogens (tertiary/aromatic N) is 2. The molecule has 2 aromatic rings. The first kappa shape index (κ1) is 15.9. The molecule has 1 aromatic heterocycles. The second kappa shape index (κ2) is 6.65. The molecule has 120 valence electrons. The van der Waals surface area contributed by atoms with E-state index in [4.69, 9.17) is 14.1 Å². The van der Waals surface area contributed by atoms with Crippen molar-refractivity contribution in [3.05, 3.63) is 28.8 Å². The van der Waals surface area contributed by atoms with Gasteiger partial charge in [0, 0.05) is 0 Å². The molecule has 0 bridgehead atoms. The highest BCUT2D eigenvalue weighted by molar-refractivity contribution is 7.11. The molecule has 0 radical (unpaired) electrons. The Morgan fingerprint density at radius 2 is 2.35 bits per heavy atom. The first-order chi connectivity index (χ1) is 11.1. The number of ether oxygens (including phenoxy) is 2. The Kier molecular flexibility index (Phi) is 4.60. The molecule has 9 heteroatoms. The Balaban J connectivity index is 1.85. The molecule has 1 aromatic carbocycles. The van der Waals surface area contributed by atoms with E-state index in [1.165, 1.54) is 11.3 Å². The van der Waals surface area contributed by atoms with Crippen LogP contribution in [0.1, 0.15) is 30.6 Å². The maximum atomic E-state index is 11.7. The summed E-state index contributed by atoms with van der Waals surface area (Å²) in [6.07, 6.45) is -0.454. The summed E-state index contributed by atoms with van der Waals surface area (Å²) in [6.45, 7) is 3.94. The van der Waals surface area contributed by atoms with Crippen molar-refractivity contribution in [2.75, 3.05) is 6.61 Å². The molecule has 0 unspecified atom stereocenters. The molecule has 0 saturated heterocycles. The third-order valence-electron chi connectivity index (χ3n) is 3.48. The fourth-order valence-corrected chi connectivity index (χ4v) is 3.04. The van der Waals surface area contributed by atoms with Gasteiger partial charge in [0.05, 0.1) is 19.1 Å². The molecule has 1 atom stereocenters. The van der Waals surface area contributed by atoms with E-state index in [0.29, 0.717) is 23.0 Å². The minimum Gasteiger partial charge on any atom is -0.466 e. The summed E-state index contributed by atoms with van der Waals surface area (Å²) in [5.74, 6) is 0.184. The van der Waals surface area contributed by atoms with Crippen LogP contribution in [0.5, 0.6) is 10.9 Å². The lowest BCUT2D eigenvalue weighted by Crippen LogP contribution is -2.28. The maximum absolute atomic E-state index is 11.7. The zero-order chi connectivity index (χ0) is 16.4. The van der Waals surface area contributed by atoms with Crippen LogP contribution in [0.4, 0.5) is 0 Å². The molecule has 1 aliphatic rings. The van der Waals surface area contributed by atoms with Gasteiger partial charge in [-0.3, -0.25) is 4.79 Å². The molecule has 0 aliphatic carbocycles. The zero-order valence-electron chi connectivity index (χ0n) is 12.7. The zero-order valence-corrected chi connectivity index (χ0v) is 13.5. The van der Waals surface area contributed by atoms with Crippen molar-refractivity contribution in [3.8, 4) is 10.9 Å². The maximum Gasteiger partial charge on any atom is 0.492 e. The lowest BCUT2D eigenvalue weighted by Gasteiger charge is -2.14. The van der Waals surface area contributed by atoms with Gasteiger partial charge in [-0.05, 0) is 42.6 Å². The Labute approximate surface area is 137 Å². The first-order valence-corrected chi connectivity index (χ1v) is 8.04. The summed E-state index contributed by atoms with van der Waals surface area (Å²) in [7, 11) is -1.10. The smallest absolute Gasteiger partial charge is 0.466 e. The minimum absolute atomic E-state index is 0.0648. The number of carbonyl (C=O) groups is 1. The third kappa shape index (κ3) is 3.36. The number of hydrogen-bond donors (Lipinski definition) is 1. The quantitative estimate of drug-likeness (QED) is 0.652. The number of aryl methyl sites for hydroxylation is 1. The van der Waals surface area contributed by atoms with Crippen LogP contribution in [0.25, 0.3) is 0 Å². The minimum atomic E-state index is -1.10. The van der Waals surface area contributed by atoms with E-state index in [1.807, 2.05) is 13.0 Å². The molecule has 0 amide bonds. The number of aromatic nitrogens is 2. The van der Waals surface area contributed by atoms with Crippen molar-refractivity contribution in [1.29, 1.82) is 0 Å². The third-order valence-corrected chi connectivity index (χ3v) is 4.04. The van der Waals surface area contributed by atoms with Crippen LogP contribution in [0.2, 0.25) is 0 Å². The van der Waals surface area contributed by atoms with E-state index in [1.54, 1.807) is 18.5 Å². The lowest BCUT2D eigenvalue weighted by molar-refractivity contribution is -0.145. The number of carbonyl (C=O) groups excluding carboxylic acids is 1. The second-order valence-corrected chi connectivity index (χ2v) is 5.83. The molecule has 2 heterocycles. The Hall–Kier alpha value is -1.97. The summed E-state index contributed by atoms with van der Waals surface area (Å²) in [5.41, 5.74) is 3.84. The summed E-state index contributed by atoms with van der Waals surface area (Å²) >= 11 is 1.27. The van der Waals surface area contributed by atoms with Crippen molar-refractivity contribution in [1.82, 2.24) is 10.2 Å². The highest BCUT2D eigenvalue weighted by Gasteiger charge is 2.38. The molecule has 0 fully saturated rings. The standard InChI is InChI=1S/C14H15BN2O5S/c1-3-20-12(18)6-11-13-8(2)4-9(5-10(13)15(19)22-11)21-14-17-16-7-23-14/h4-5,7,11,19H,3,6H2,1-2H3/t11-/m1/s1. The topological polar surface area (TPSA) is 90.8 Å². The van der Waals surface area contributed by atoms with Gasteiger partial charge in [0.1, 0.15) is 11.3 Å². The molecule has 1 N–H and O–H groups in total. The largest absolute Gasteiger partial charge is 0.492 e. The second-order valence-electron chi connectivity index (χ2n) is 5.04. The van der Waals surface area contributed by atoms with E-state index >= 15 is 0 Å². The van der Waals surface area contributed by atoms with Gasteiger partial charge >= 0.3 is 13.1 Å².